The zero-order chi connectivity index (χ0) is 15.6. The predicted molar refractivity (Wildman–Crippen MR) is 84.9 cm³/mol. The van der Waals surface area contributed by atoms with Crippen molar-refractivity contribution in [1.82, 2.24) is 10.2 Å². The third-order valence-electron chi connectivity index (χ3n) is 3.83. The molecule has 20 heavy (non-hydrogen) atoms. The lowest BCUT2D eigenvalue weighted by atomic mass is 10.00. The Hall–Kier alpha value is -0.610. The van der Waals surface area contributed by atoms with Crippen LogP contribution < -0.4 is 5.32 Å². The monoisotopic (exact) mass is 286 g/mol. The second-order valence-electron chi connectivity index (χ2n) is 5.66. The molecule has 0 bridgehead atoms. The Labute approximate surface area is 125 Å². The highest BCUT2D eigenvalue weighted by Gasteiger charge is 2.36. The third-order valence-corrected chi connectivity index (χ3v) is 3.83. The van der Waals surface area contributed by atoms with Crippen molar-refractivity contribution in [3.8, 4) is 0 Å². The van der Waals surface area contributed by atoms with Crippen molar-refractivity contribution >= 4 is 5.97 Å². The fourth-order valence-electron chi connectivity index (χ4n) is 2.35. The Bertz CT molecular complexity index is 271. The van der Waals surface area contributed by atoms with E-state index in [0.29, 0.717) is 19.2 Å². The molecule has 1 N–H and O–H groups in total. The smallest absolute Gasteiger partial charge is 0.327 e. The van der Waals surface area contributed by atoms with E-state index >= 15 is 0 Å². The van der Waals surface area contributed by atoms with E-state index < -0.39 is 5.54 Å². The van der Waals surface area contributed by atoms with Gasteiger partial charge in [0.15, 0.2) is 0 Å². The average Bonchev–Trinajstić information content (AvgIpc) is 2.43. The lowest BCUT2D eigenvalue weighted by molar-refractivity contribution is -0.151. The van der Waals surface area contributed by atoms with E-state index in [1.165, 1.54) is 6.42 Å². The zero-order valence-electron chi connectivity index (χ0n) is 14.3. The lowest BCUT2D eigenvalue weighted by Gasteiger charge is -2.37. The van der Waals surface area contributed by atoms with Gasteiger partial charge in [0, 0.05) is 12.6 Å². The summed E-state index contributed by atoms with van der Waals surface area (Å²) in [7, 11) is 0. The molecule has 2 unspecified atom stereocenters. The van der Waals surface area contributed by atoms with Crippen LogP contribution in [-0.2, 0) is 9.53 Å². The number of likely N-dealkylation sites (N-methyl/N-ethyl adjacent to an activating group) is 1. The molecule has 0 aliphatic rings. The summed E-state index contributed by atoms with van der Waals surface area (Å²) in [4.78, 5) is 14.7. The van der Waals surface area contributed by atoms with E-state index in [1.807, 2.05) is 20.8 Å². The minimum atomic E-state index is -0.623. The van der Waals surface area contributed by atoms with E-state index in [4.69, 9.17) is 4.74 Å². The Balaban J connectivity index is 4.91. The molecule has 0 aliphatic carbocycles. The average molecular weight is 286 g/mol. The van der Waals surface area contributed by atoms with Crippen LogP contribution in [0.3, 0.4) is 0 Å². The number of nitrogens with one attached hydrogen (secondary N) is 1. The molecule has 0 radical (unpaired) electrons. The van der Waals surface area contributed by atoms with Crippen LogP contribution in [0.25, 0.3) is 0 Å². The number of ether oxygens (including phenoxy) is 1. The quantitative estimate of drug-likeness (QED) is 0.593. The molecule has 0 saturated carbocycles. The van der Waals surface area contributed by atoms with Crippen LogP contribution in [-0.4, -0.2) is 48.7 Å². The molecule has 0 aromatic rings. The Morgan fingerprint density at radius 1 is 1.30 bits per heavy atom. The maximum absolute atomic E-state index is 12.3. The number of carbonyl (C=O) groups is 1. The number of hydrogen-bond acceptors (Lipinski definition) is 4. The molecule has 0 aromatic carbocycles. The van der Waals surface area contributed by atoms with Gasteiger partial charge in [-0.2, -0.15) is 0 Å². The van der Waals surface area contributed by atoms with Gasteiger partial charge in [0.2, 0.25) is 0 Å². The first-order valence-electron chi connectivity index (χ1n) is 8.11. The standard InChI is InChI=1S/C16H34N2O2/c1-7-11-12-18(14(5)8-2)13-16(6,17-9-3)15(19)20-10-4/h14,17H,7-13H2,1-6H3. The van der Waals surface area contributed by atoms with Gasteiger partial charge in [-0.1, -0.05) is 27.2 Å². The van der Waals surface area contributed by atoms with Crippen molar-refractivity contribution in [2.45, 2.75) is 72.4 Å². The van der Waals surface area contributed by atoms with Crippen molar-refractivity contribution in [3.05, 3.63) is 0 Å². The second-order valence-corrected chi connectivity index (χ2v) is 5.66. The largest absolute Gasteiger partial charge is 0.465 e. The Morgan fingerprint density at radius 2 is 1.95 bits per heavy atom. The molecule has 0 saturated heterocycles. The van der Waals surface area contributed by atoms with Crippen LogP contribution in [0.2, 0.25) is 0 Å². The van der Waals surface area contributed by atoms with Gasteiger partial charge in [-0.25, -0.2) is 0 Å². The molecule has 4 heteroatoms. The Kier molecular flexibility index (Phi) is 9.86. The number of hydrogen-bond donors (Lipinski definition) is 1. The van der Waals surface area contributed by atoms with Crippen molar-refractivity contribution in [3.63, 3.8) is 0 Å². The predicted octanol–water partition coefficient (Wildman–Crippen LogP) is 2.82. The summed E-state index contributed by atoms with van der Waals surface area (Å²) in [5.41, 5.74) is -0.623. The lowest BCUT2D eigenvalue weighted by Crippen LogP contribution is -2.58. The minimum Gasteiger partial charge on any atom is -0.465 e. The molecule has 0 heterocycles. The van der Waals surface area contributed by atoms with Crippen molar-refractivity contribution in [1.29, 1.82) is 0 Å². The fourth-order valence-corrected chi connectivity index (χ4v) is 2.35. The number of esters is 1. The van der Waals surface area contributed by atoms with Gasteiger partial charge >= 0.3 is 5.97 Å². The van der Waals surface area contributed by atoms with Crippen LogP contribution in [0.5, 0.6) is 0 Å². The van der Waals surface area contributed by atoms with Gasteiger partial charge in [0.1, 0.15) is 5.54 Å². The third kappa shape index (κ3) is 6.23. The summed E-state index contributed by atoms with van der Waals surface area (Å²) < 4.78 is 5.25. The van der Waals surface area contributed by atoms with Gasteiger partial charge in [0.05, 0.1) is 6.61 Å². The molecule has 0 fully saturated rings. The summed E-state index contributed by atoms with van der Waals surface area (Å²) in [5, 5.41) is 3.31. The van der Waals surface area contributed by atoms with E-state index in [9.17, 15) is 4.79 Å². The molecule has 4 nitrogen and oxygen atoms in total. The molecule has 2 atom stereocenters. The highest BCUT2D eigenvalue weighted by molar-refractivity contribution is 5.80. The first-order valence-corrected chi connectivity index (χ1v) is 8.11. The number of unbranched alkanes of at least 4 members (excludes halogenated alkanes) is 1. The van der Waals surface area contributed by atoms with E-state index in [0.717, 1.165) is 25.9 Å². The van der Waals surface area contributed by atoms with Crippen molar-refractivity contribution in [2.75, 3.05) is 26.2 Å². The molecule has 0 rings (SSSR count). The number of nitrogens with zero attached hydrogens (tertiary/aromatic N) is 1. The summed E-state index contributed by atoms with van der Waals surface area (Å²) in [6.45, 7) is 15.4. The van der Waals surface area contributed by atoms with Crippen LogP contribution in [0, 0.1) is 0 Å². The minimum absolute atomic E-state index is 0.147. The van der Waals surface area contributed by atoms with E-state index in [1.54, 1.807) is 0 Å². The van der Waals surface area contributed by atoms with Gasteiger partial charge in [-0.05, 0) is 46.7 Å². The Morgan fingerprint density at radius 3 is 2.40 bits per heavy atom. The maximum Gasteiger partial charge on any atom is 0.327 e. The van der Waals surface area contributed by atoms with Crippen LogP contribution in [0.4, 0.5) is 0 Å². The second kappa shape index (κ2) is 10.2. The van der Waals surface area contributed by atoms with Gasteiger partial charge in [-0.15, -0.1) is 0 Å². The zero-order valence-corrected chi connectivity index (χ0v) is 14.3. The molecular weight excluding hydrogens is 252 g/mol. The van der Waals surface area contributed by atoms with E-state index in [2.05, 4.69) is 31.0 Å². The first kappa shape index (κ1) is 19.4. The van der Waals surface area contributed by atoms with Crippen LogP contribution in [0.1, 0.15) is 60.8 Å². The summed E-state index contributed by atoms with van der Waals surface area (Å²) in [5.74, 6) is -0.147. The normalized spacial score (nSPS) is 15.9. The molecule has 0 aromatic heterocycles. The molecule has 0 spiro atoms. The first-order chi connectivity index (χ1) is 9.45. The van der Waals surface area contributed by atoms with Crippen molar-refractivity contribution < 1.29 is 9.53 Å². The SMILES string of the molecule is CCCCN(CC(C)(NCC)C(=O)OCC)C(C)CC. The summed E-state index contributed by atoms with van der Waals surface area (Å²) >= 11 is 0. The maximum atomic E-state index is 12.3. The molecular formula is C16H34N2O2. The molecule has 120 valence electrons. The summed E-state index contributed by atoms with van der Waals surface area (Å²) in [6.07, 6.45) is 3.42. The van der Waals surface area contributed by atoms with Gasteiger partial charge in [0.25, 0.3) is 0 Å². The van der Waals surface area contributed by atoms with E-state index in [-0.39, 0.29) is 5.97 Å². The molecule has 0 aliphatic heterocycles. The molecule has 0 amide bonds. The summed E-state index contributed by atoms with van der Waals surface area (Å²) in [6, 6.07) is 0.481. The topological polar surface area (TPSA) is 41.6 Å². The van der Waals surface area contributed by atoms with Crippen LogP contribution in [0.15, 0.2) is 0 Å². The van der Waals surface area contributed by atoms with Crippen LogP contribution >= 0.6 is 0 Å². The number of rotatable bonds is 11. The van der Waals surface area contributed by atoms with Crippen molar-refractivity contribution in [2.24, 2.45) is 0 Å². The van der Waals surface area contributed by atoms with Gasteiger partial charge in [-0.3, -0.25) is 9.69 Å². The van der Waals surface area contributed by atoms with Gasteiger partial charge < -0.3 is 10.1 Å². The highest BCUT2D eigenvalue weighted by Crippen LogP contribution is 2.15. The number of carbonyl (C=O) groups excluding carboxylic acids is 1. The highest BCUT2D eigenvalue weighted by atomic mass is 16.5. The fraction of sp³-hybridized carbons (Fsp3) is 0.938.